The van der Waals surface area contributed by atoms with Gasteiger partial charge in [0.2, 0.25) is 0 Å². The highest BCUT2D eigenvalue weighted by molar-refractivity contribution is 5.61. The van der Waals surface area contributed by atoms with Gasteiger partial charge in [0, 0.05) is 29.4 Å². The van der Waals surface area contributed by atoms with E-state index in [-0.39, 0.29) is 16.1 Å². The molecule has 5 nitrogen and oxygen atoms in total. The summed E-state index contributed by atoms with van der Waals surface area (Å²) in [5.74, 6) is 0. The number of hydrogen-bond acceptors (Lipinski definition) is 4. The minimum atomic E-state index is -0.343. The van der Waals surface area contributed by atoms with E-state index in [0.29, 0.717) is 12.1 Å². The van der Waals surface area contributed by atoms with E-state index in [9.17, 15) is 10.1 Å². The van der Waals surface area contributed by atoms with Crippen LogP contribution in [0.1, 0.15) is 31.2 Å². The number of nitro groups is 1. The van der Waals surface area contributed by atoms with E-state index in [2.05, 4.69) is 5.32 Å². The normalized spacial score (nSPS) is 17.7. The fourth-order valence-corrected chi connectivity index (χ4v) is 2.67. The molecule has 1 fully saturated rings. The quantitative estimate of drug-likeness (QED) is 0.634. The number of rotatable bonds is 4. The zero-order chi connectivity index (χ0) is 13.2. The Kier molecular flexibility index (Phi) is 3.52. The monoisotopic (exact) mass is 249 g/mol. The summed E-state index contributed by atoms with van der Waals surface area (Å²) in [5.41, 5.74) is 7.46. The predicted molar refractivity (Wildman–Crippen MR) is 71.7 cm³/mol. The average Bonchev–Trinajstić information content (AvgIpc) is 2.81. The van der Waals surface area contributed by atoms with Crippen molar-refractivity contribution >= 4 is 11.4 Å². The SMILES string of the molecule is Cc1c(NC2(CN)CCCC2)cccc1[N+](=O)[O-]. The van der Waals surface area contributed by atoms with Gasteiger partial charge in [-0.25, -0.2) is 0 Å². The predicted octanol–water partition coefficient (Wildman–Crippen LogP) is 2.59. The van der Waals surface area contributed by atoms with E-state index in [1.165, 1.54) is 6.07 Å². The largest absolute Gasteiger partial charge is 0.378 e. The Labute approximate surface area is 107 Å². The van der Waals surface area contributed by atoms with Crippen LogP contribution >= 0.6 is 0 Å². The second kappa shape index (κ2) is 4.94. The van der Waals surface area contributed by atoms with Gasteiger partial charge in [0.1, 0.15) is 0 Å². The molecule has 0 bridgehead atoms. The molecule has 1 aromatic rings. The molecule has 0 unspecified atom stereocenters. The van der Waals surface area contributed by atoms with Gasteiger partial charge in [0.05, 0.1) is 4.92 Å². The Bertz CT molecular complexity index is 454. The maximum Gasteiger partial charge on any atom is 0.274 e. The summed E-state index contributed by atoms with van der Waals surface area (Å²) >= 11 is 0. The summed E-state index contributed by atoms with van der Waals surface area (Å²) in [5, 5.41) is 14.4. The summed E-state index contributed by atoms with van der Waals surface area (Å²) < 4.78 is 0. The van der Waals surface area contributed by atoms with Crippen molar-refractivity contribution in [3.05, 3.63) is 33.9 Å². The third-order valence-corrected chi connectivity index (χ3v) is 3.85. The van der Waals surface area contributed by atoms with E-state index in [0.717, 1.165) is 31.4 Å². The van der Waals surface area contributed by atoms with Gasteiger partial charge in [-0.15, -0.1) is 0 Å². The molecule has 1 aliphatic rings. The van der Waals surface area contributed by atoms with Crippen LogP contribution < -0.4 is 11.1 Å². The molecule has 3 N–H and O–H groups in total. The van der Waals surface area contributed by atoms with Crippen molar-refractivity contribution in [1.29, 1.82) is 0 Å². The van der Waals surface area contributed by atoms with Crippen LogP contribution in [0.3, 0.4) is 0 Å². The zero-order valence-corrected chi connectivity index (χ0v) is 10.6. The van der Waals surface area contributed by atoms with Crippen molar-refractivity contribution in [1.82, 2.24) is 0 Å². The minimum absolute atomic E-state index is 0.0834. The highest BCUT2D eigenvalue weighted by Gasteiger charge is 2.33. The second-order valence-electron chi connectivity index (χ2n) is 5.02. The molecular formula is C13H19N3O2. The molecule has 1 aromatic carbocycles. The van der Waals surface area contributed by atoms with Crippen LogP contribution in [-0.4, -0.2) is 17.0 Å². The third-order valence-electron chi connectivity index (χ3n) is 3.85. The van der Waals surface area contributed by atoms with Gasteiger partial charge in [0.25, 0.3) is 5.69 Å². The first-order valence-corrected chi connectivity index (χ1v) is 6.30. The van der Waals surface area contributed by atoms with Crippen molar-refractivity contribution in [2.24, 2.45) is 5.73 Å². The molecule has 0 spiro atoms. The first-order chi connectivity index (χ1) is 8.58. The van der Waals surface area contributed by atoms with Gasteiger partial charge in [-0.2, -0.15) is 0 Å². The van der Waals surface area contributed by atoms with E-state index in [1.54, 1.807) is 13.0 Å². The highest BCUT2D eigenvalue weighted by atomic mass is 16.6. The lowest BCUT2D eigenvalue weighted by molar-refractivity contribution is -0.385. The summed E-state index contributed by atoms with van der Waals surface area (Å²) in [6.07, 6.45) is 4.40. The number of nitrogens with one attached hydrogen (secondary N) is 1. The summed E-state index contributed by atoms with van der Waals surface area (Å²) in [4.78, 5) is 10.6. The smallest absolute Gasteiger partial charge is 0.274 e. The number of nitrogens with zero attached hydrogens (tertiary/aromatic N) is 1. The zero-order valence-electron chi connectivity index (χ0n) is 10.6. The Morgan fingerprint density at radius 1 is 1.44 bits per heavy atom. The molecule has 0 aliphatic heterocycles. The first-order valence-electron chi connectivity index (χ1n) is 6.30. The van der Waals surface area contributed by atoms with Crippen molar-refractivity contribution in [3.63, 3.8) is 0 Å². The van der Waals surface area contributed by atoms with Crippen LogP contribution in [0.15, 0.2) is 18.2 Å². The van der Waals surface area contributed by atoms with Crippen molar-refractivity contribution in [3.8, 4) is 0 Å². The van der Waals surface area contributed by atoms with Crippen molar-refractivity contribution < 1.29 is 4.92 Å². The molecule has 0 aromatic heterocycles. The van der Waals surface area contributed by atoms with Crippen LogP contribution in [0, 0.1) is 17.0 Å². The standard InChI is InChI=1S/C13H19N3O2/c1-10-11(5-4-6-12(10)16(17)18)15-13(9-14)7-2-3-8-13/h4-6,15H,2-3,7-9,14H2,1H3. The van der Waals surface area contributed by atoms with E-state index in [1.807, 2.05) is 6.07 Å². The average molecular weight is 249 g/mol. The Balaban J connectivity index is 2.29. The Morgan fingerprint density at radius 3 is 2.67 bits per heavy atom. The number of nitro benzene ring substituents is 1. The van der Waals surface area contributed by atoms with Crippen molar-refractivity contribution in [2.45, 2.75) is 38.1 Å². The third kappa shape index (κ3) is 2.31. The molecule has 0 atom stereocenters. The molecule has 18 heavy (non-hydrogen) atoms. The number of benzene rings is 1. The first kappa shape index (κ1) is 12.8. The van der Waals surface area contributed by atoms with Gasteiger partial charge in [-0.3, -0.25) is 10.1 Å². The summed E-state index contributed by atoms with van der Waals surface area (Å²) in [6.45, 7) is 2.34. The van der Waals surface area contributed by atoms with Crippen molar-refractivity contribution in [2.75, 3.05) is 11.9 Å². The molecule has 5 heteroatoms. The lowest BCUT2D eigenvalue weighted by Crippen LogP contribution is -2.42. The minimum Gasteiger partial charge on any atom is -0.378 e. The van der Waals surface area contributed by atoms with Crippen LogP contribution in [-0.2, 0) is 0 Å². The Hall–Kier alpha value is -1.62. The lowest BCUT2D eigenvalue weighted by Gasteiger charge is -2.30. The second-order valence-corrected chi connectivity index (χ2v) is 5.02. The van der Waals surface area contributed by atoms with Crippen LogP contribution in [0.4, 0.5) is 11.4 Å². The van der Waals surface area contributed by atoms with E-state index >= 15 is 0 Å². The van der Waals surface area contributed by atoms with Gasteiger partial charge < -0.3 is 11.1 Å². The number of anilines is 1. The molecule has 1 saturated carbocycles. The number of nitrogens with two attached hydrogens (primary N) is 1. The summed E-state index contributed by atoms with van der Waals surface area (Å²) in [6, 6.07) is 5.13. The van der Waals surface area contributed by atoms with Gasteiger partial charge in [-0.1, -0.05) is 18.9 Å². The lowest BCUT2D eigenvalue weighted by atomic mass is 9.96. The van der Waals surface area contributed by atoms with Gasteiger partial charge >= 0.3 is 0 Å². The van der Waals surface area contributed by atoms with Crippen LogP contribution in [0.25, 0.3) is 0 Å². The molecule has 2 rings (SSSR count). The topological polar surface area (TPSA) is 81.2 Å². The Morgan fingerprint density at radius 2 is 2.11 bits per heavy atom. The fraction of sp³-hybridized carbons (Fsp3) is 0.538. The molecule has 0 heterocycles. The van der Waals surface area contributed by atoms with Gasteiger partial charge in [-0.05, 0) is 25.8 Å². The van der Waals surface area contributed by atoms with Crippen LogP contribution in [0.2, 0.25) is 0 Å². The molecule has 98 valence electrons. The highest BCUT2D eigenvalue weighted by Crippen LogP contribution is 2.35. The maximum atomic E-state index is 10.9. The molecule has 1 aliphatic carbocycles. The molecular weight excluding hydrogens is 230 g/mol. The number of hydrogen-bond donors (Lipinski definition) is 2. The van der Waals surface area contributed by atoms with Gasteiger partial charge in [0.15, 0.2) is 0 Å². The summed E-state index contributed by atoms with van der Waals surface area (Å²) in [7, 11) is 0. The molecule has 0 amide bonds. The molecule has 0 radical (unpaired) electrons. The van der Waals surface area contributed by atoms with Crippen LogP contribution in [0.5, 0.6) is 0 Å². The van der Waals surface area contributed by atoms with E-state index < -0.39 is 0 Å². The fourth-order valence-electron chi connectivity index (χ4n) is 2.67. The van der Waals surface area contributed by atoms with E-state index in [4.69, 9.17) is 5.73 Å². The maximum absolute atomic E-state index is 10.9. The molecule has 0 saturated heterocycles.